The number of rotatable bonds is 6. The van der Waals surface area contributed by atoms with Crippen LogP contribution in [0, 0.1) is 0 Å². The van der Waals surface area contributed by atoms with Crippen LogP contribution in [-0.4, -0.2) is 4.57 Å². The molecule has 0 bridgehead atoms. The summed E-state index contributed by atoms with van der Waals surface area (Å²) in [5, 5.41) is 3.30. The van der Waals surface area contributed by atoms with Gasteiger partial charge in [-0.05, 0) is 95.8 Å². The normalized spacial score (nSPS) is 14.5. The zero-order chi connectivity index (χ0) is 30.9. The average molecular weight is 613 g/mol. The highest BCUT2D eigenvalue weighted by Crippen LogP contribution is 2.39. The van der Waals surface area contributed by atoms with Crippen molar-refractivity contribution in [3.63, 3.8) is 0 Å². The molecule has 222 valence electrons. The fraction of sp³-hybridized carbons (Fsp3) is 0.0698. The Morgan fingerprint density at radius 2 is 1.17 bits per heavy atom. The second-order valence-electron chi connectivity index (χ2n) is 11.9. The first-order valence-corrected chi connectivity index (χ1v) is 16.3. The molecular weight excluding hydrogens is 580 g/mol. The number of halogens is 1. The van der Waals surface area contributed by atoms with Crippen LogP contribution >= 0.6 is 11.6 Å². The number of aromatic nitrogens is 1. The molecule has 2 nitrogen and oxygen atoms in total. The van der Waals surface area contributed by atoms with Crippen LogP contribution in [0.2, 0.25) is 5.02 Å². The first-order chi connectivity index (χ1) is 22.7. The van der Waals surface area contributed by atoms with Crippen molar-refractivity contribution < 1.29 is 0 Å². The summed E-state index contributed by atoms with van der Waals surface area (Å²) < 4.78 is 2.52. The zero-order valence-corrected chi connectivity index (χ0v) is 26.2. The van der Waals surface area contributed by atoms with Gasteiger partial charge in [-0.2, -0.15) is 0 Å². The lowest BCUT2D eigenvalue weighted by atomic mass is 10.0. The molecule has 1 atom stereocenters. The third-order valence-corrected chi connectivity index (χ3v) is 9.24. The minimum Gasteiger partial charge on any atom is -0.333 e. The molecule has 0 fully saturated rings. The molecule has 8 rings (SSSR count). The van der Waals surface area contributed by atoms with Gasteiger partial charge >= 0.3 is 0 Å². The summed E-state index contributed by atoms with van der Waals surface area (Å²) in [6.07, 6.45) is 11.1. The number of nitrogens with zero attached hydrogens (tertiary/aromatic N) is 2. The molecule has 0 amide bonds. The molecule has 0 aliphatic heterocycles. The van der Waals surface area contributed by atoms with Crippen LogP contribution in [0.3, 0.4) is 0 Å². The Hall–Kier alpha value is -5.31. The molecule has 0 spiro atoms. The summed E-state index contributed by atoms with van der Waals surface area (Å²) >= 11 is 6.49. The number of fused-ring (bicyclic) bond motifs is 3. The van der Waals surface area contributed by atoms with Crippen molar-refractivity contribution in [2.75, 3.05) is 4.90 Å². The standard InChI is InChI=1S/C43H33ClN2/c44-35-13-10-16-39(30-35)45(37-24-19-32(20-25-37)31-11-4-3-5-12-31)38-26-21-33(22-27-38)34-23-28-43-41(29-34)40-17-8-9-18-42(40)46(43)36-14-6-1-2-7-15-36/h1-6,8-14,16-30,36H,7,15H2. The summed E-state index contributed by atoms with van der Waals surface area (Å²) in [5.41, 5.74) is 10.5. The van der Waals surface area contributed by atoms with Crippen LogP contribution in [0.1, 0.15) is 18.9 Å². The van der Waals surface area contributed by atoms with E-state index in [0.717, 1.165) is 29.9 Å². The maximum Gasteiger partial charge on any atom is 0.0528 e. The van der Waals surface area contributed by atoms with Crippen molar-refractivity contribution in [1.29, 1.82) is 0 Å². The lowest BCUT2D eigenvalue weighted by Crippen LogP contribution is -2.09. The first kappa shape index (κ1) is 28.2. The lowest BCUT2D eigenvalue weighted by molar-refractivity contribution is 0.598. The Morgan fingerprint density at radius 3 is 1.93 bits per heavy atom. The lowest BCUT2D eigenvalue weighted by Gasteiger charge is -2.26. The van der Waals surface area contributed by atoms with Gasteiger partial charge in [0.2, 0.25) is 0 Å². The first-order valence-electron chi connectivity index (χ1n) is 15.9. The molecule has 0 saturated carbocycles. The van der Waals surface area contributed by atoms with E-state index in [-0.39, 0.29) is 0 Å². The summed E-state index contributed by atoms with van der Waals surface area (Å²) in [5.74, 6) is 0. The van der Waals surface area contributed by atoms with E-state index < -0.39 is 0 Å². The van der Waals surface area contributed by atoms with Crippen LogP contribution in [0.25, 0.3) is 44.1 Å². The minimum atomic E-state index is 0.335. The monoisotopic (exact) mass is 612 g/mol. The minimum absolute atomic E-state index is 0.335. The van der Waals surface area contributed by atoms with E-state index in [1.54, 1.807) is 0 Å². The summed E-state index contributed by atoms with van der Waals surface area (Å²) in [4.78, 5) is 2.26. The van der Waals surface area contributed by atoms with E-state index in [1.165, 1.54) is 44.1 Å². The highest BCUT2D eigenvalue weighted by Gasteiger charge is 2.18. The summed E-state index contributed by atoms with van der Waals surface area (Å²) in [6, 6.07) is 52.2. The molecule has 1 unspecified atom stereocenters. The van der Waals surface area contributed by atoms with Crippen LogP contribution in [-0.2, 0) is 0 Å². The molecule has 46 heavy (non-hydrogen) atoms. The molecular formula is C43H33ClN2. The molecule has 1 aromatic heterocycles. The molecule has 1 aliphatic carbocycles. The van der Waals surface area contributed by atoms with E-state index in [0.29, 0.717) is 11.1 Å². The molecule has 0 radical (unpaired) electrons. The second-order valence-corrected chi connectivity index (χ2v) is 12.3. The maximum absolute atomic E-state index is 6.49. The Morgan fingerprint density at radius 1 is 0.522 bits per heavy atom. The van der Waals surface area contributed by atoms with E-state index in [2.05, 4.69) is 155 Å². The number of anilines is 3. The van der Waals surface area contributed by atoms with Crippen molar-refractivity contribution >= 4 is 50.5 Å². The van der Waals surface area contributed by atoms with Crippen LogP contribution in [0.15, 0.2) is 170 Å². The van der Waals surface area contributed by atoms with Crippen LogP contribution in [0.5, 0.6) is 0 Å². The molecule has 3 heteroatoms. The number of allylic oxidation sites excluding steroid dienone is 4. The fourth-order valence-corrected chi connectivity index (χ4v) is 6.97. The number of hydrogen-bond acceptors (Lipinski definition) is 1. The van der Waals surface area contributed by atoms with Crippen LogP contribution < -0.4 is 4.90 Å². The molecule has 6 aromatic carbocycles. The van der Waals surface area contributed by atoms with Crippen LogP contribution in [0.4, 0.5) is 17.1 Å². The van der Waals surface area contributed by atoms with Crippen molar-refractivity contribution in [2.24, 2.45) is 0 Å². The number of para-hydroxylation sites is 1. The maximum atomic E-state index is 6.49. The second kappa shape index (κ2) is 12.2. The average Bonchev–Trinajstić information content (AvgIpc) is 3.22. The van der Waals surface area contributed by atoms with Crippen molar-refractivity contribution in [2.45, 2.75) is 18.9 Å². The SMILES string of the molecule is Clc1cccc(N(c2ccc(-c3ccccc3)cc2)c2ccc(-c3ccc4c(c3)c3ccccc3n4C3C=CC=CCC3)cc2)c1. The quantitative estimate of drug-likeness (QED) is 0.181. The van der Waals surface area contributed by atoms with Gasteiger partial charge in [0.25, 0.3) is 0 Å². The fourth-order valence-electron chi connectivity index (χ4n) is 6.78. The largest absolute Gasteiger partial charge is 0.333 e. The Labute approximate surface area is 275 Å². The van der Waals surface area contributed by atoms with Gasteiger partial charge in [-0.3, -0.25) is 0 Å². The number of benzene rings is 6. The van der Waals surface area contributed by atoms with Gasteiger partial charge in [0.1, 0.15) is 0 Å². The Kier molecular flexibility index (Phi) is 7.50. The highest BCUT2D eigenvalue weighted by molar-refractivity contribution is 6.30. The van der Waals surface area contributed by atoms with Gasteiger partial charge in [0, 0.05) is 43.9 Å². The zero-order valence-electron chi connectivity index (χ0n) is 25.4. The predicted octanol–water partition coefficient (Wildman–Crippen LogP) is 12.7. The van der Waals surface area contributed by atoms with Crippen molar-refractivity contribution in [3.05, 3.63) is 175 Å². The third kappa shape index (κ3) is 5.31. The van der Waals surface area contributed by atoms with Gasteiger partial charge in [0.15, 0.2) is 0 Å². The van der Waals surface area contributed by atoms with E-state index in [9.17, 15) is 0 Å². The molecule has 1 heterocycles. The van der Waals surface area contributed by atoms with Gasteiger partial charge in [-0.15, -0.1) is 0 Å². The molecule has 7 aromatic rings. The topological polar surface area (TPSA) is 8.17 Å². The smallest absolute Gasteiger partial charge is 0.0528 e. The Bertz CT molecular complexity index is 2210. The third-order valence-electron chi connectivity index (χ3n) is 9.01. The highest BCUT2D eigenvalue weighted by atomic mass is 35.5. The molecule has 0 saturated heterocycles. The predicted molar refractivity (Wildman–Crippen MR) is 197 cm³/mol. The van der Waals surface area contributed by atoms with Crippen molar-refractivity contribution in [3.8, 4) is 22.3 Å². The molecule has 1 aliphatic rings. The Balaban J connectivity index is 1.17. The van der Waals surface area contributed by atoms with Gasteiger partial charge in [0.05, 0.1) is 6.04 Å². The van der Waals surface area contributed by atoms with Gasteiger partial charge in [-0.25, -0.2) is 0 Å². The van der Waals surface area contributed by atoms with Gasteiger partial charge in [-0.1, -0.05) is 121 Å². The summed E-state index contributed by atoms with van der Waals surface area (Å²) in [7, 11) is 0. The van der Waals surface area contributed by atoms with Gasteiger partial charge < -0.3 is 9.47 Å². The number of hydrogen-bond donors (Lipinski definition) is 0. The molecule has 0 N–H and O–H groups in total. The van der Waals surface area contributed by atoms with E-state index >= 15 is 0 Å². The van der Waals surface area contributed by atoms with E-state index in [4.69, 9.17) is 11.6 Å². The summed E-state index contributed by atoms with van der Waals surface area (Å²) in [6.45, 7) is 0. The van der Waals surface area contributed by atoms with Crippen molar-refractivity contribution in [1.82, 2.24) is 4.57 Å². The van der Waals surface area contributed by atoms with E-state index in [1.807, 2.05) is 24.3 Å².